The Morgan fingerprint density at radius 2 is 0.900 bits per heavy atom. The van der Waals surface area contributed by atoms with Crippen LogP contribution >= 0.6 is 0 Å². The third-order valence-corrected chi connectivity index (χ3v) is 4.10. The Labute approximate surface area is 179 Å². The van der Waals surface area contributed by atoms with Crippen LogP contribution in [0.4, 0.5) is 0 Å². The Morgan fingerprint density at radius 3 is 1.10 bits per heavy atom. The maximum Gasteiger partial charge on any atom is 0.414 e. The number of carbonyl (C=O) groups is 3. The summed E-state index contributed by atoms with van der Waals surface area (Å²) >= 11 is 0. The molecule has 0 amide bonds. The molecule has 0 fully saturated rings. The van der Waals surface area contributed by atoms with E-state index in [-0.39, 0.29) is 13.2 Å². The number of carboxylic acids is 3. The minimum absolute atomic E-state index is 0.345. The van der Waals surface area contributed by atoms with Crippen LogP contribution in [0.25, 0.3) is 0 Å². The van der Waals surface area contributed by atoms with E-state index in [9.17, 15) is 4.79 Å². The highest BCUT2D eigenvalue weighted by molar-refractivity contribution is 6.27. The summed E-state index contributed by atoms with van der Waals surface area (Å²) in [6.45, 7) is 1.53. The van der Waals surface area contributed by atoms with Crippen molar-refractivity contribution in [2.24, 2.45) is 0 Å². The van der Waals surface area contributed by atoms with Crippen molar-refractivity contribution in [3.63, 3.8) is 0 Å². The van der Waals surface area contributed by atoms with Crippen molar-refractivity contribution in [2.75, 3.05) is 13.2 Å². The number of aliphatic hydroxyl groups is 3. The van der Waals surface area contributed by atoms with Crippen LogP contribution in [-0.4, -0.2) is 67.9 Å². The number of aliphatic hydroxyl groups excluding tert-OH is 3. The number of aliphatic carboxylic acids is 3. The Balaban J connectivity index is -0.000000495. The Bertz CT molecular complexity index is 384. The molecular formula is C21H42O9. The second-order valence-electron chi connectivity index (χ2n) is 7.02. The molecule has 0 unspecified atom stereocenters. The molecule has 0 aliphatic carbocycles. The first-order valence-electron chi connectivity index (χ1n) is 10.8. The first-order valence-corrected chi connectivity index (χ1v) is 10.8. The van der Waals surface area contributed by atoms with E-state index < -0.39 is 24.0 Å². The number of hydrogen-bond donors (Lipinski definition) is 6. The van der Waals surface area contributed by atoms with Crippen molar-refractivity contribution >= 4 is 17.9 Å². The molecule has 0 aromatic rings. The van der Waals surface area contributed by atoms with Gasteiger partial charge in [-0.05, 0) is 6.42 Å². The van der Waals surface area contributed by atoms with Gasteiger partial charge in [0.1, 0.15) is 6.10 Å². The molecule has 0 saturated heterocycles. The van der Waals surface area contributed by atoms with E-state index in [1.165, 1.54) is 70.6 Å². The van der Waals surface area contributed by atoms with Crippen LogP contribution in [0.15, 0.2) is 0 Å². The highest BCUT2D eigenvalue weighted by atomic mass is 16.4. The Hall–Kier alpha value is -1.71. The normalized spacial score (nSPS) is 9.90. The van der Waals surface area contributed by atoms with Crippen molar-refractivity contribution in [3.05, 3.63) is 0 Å². The second kappa shape index (κ2) is 27.3. The summed E-state index contributed by atoms with van der Waals surface area (Å²) in [6, 6.07) is 0. The monoisotopic (exact) mass is 438 g/mol. The maximum atomic E-state index is 10.3. The predicted molar refractivity (Wildman–Crippen MR) is 113 cm³/mol. The van der Waals surface area contributed by atoms with Gasteiger partial charge in [0.2, 0.25) is 0 Å². The lowest BCUT2D eigenvalue weighted by atomic mass is 10.0. The first-order chi connectivity index (χ1) is 14.2. The second-order valence-corrected chi connectivity index (χ2v) is 7.02. The van der Waals surface area contributed by atoms with Gasteiger partial charge in [-0.3, -0.25) is 4.79 Å². The molecule has 0 aliphatic rings. The molecule has 180 valence electrons. The maximum absolute atomic E-state index is 10.3. The number of carboxylic acid groups (broad SMARTS) is 3. The summed E-state index contributed by atoms with van der Waals surface area (Å²) < 4.78 is 0. The summed E-state index contributed by atoms with van der Waals surface area (Å²) in [7, 11) is 0. The van der Waals surface area contributed by atoms with Gasteiger partial charge in [-0.15, -0.1) is 0 Å². The fourth-order valence-corrected chi connectivity index (χ4v) is 2.35. The highest BCUT2D eigenvalue weighted by Crippen LogP contribution is 2.12. The predicted octanol–water partition coefficient (Wildman–Crippen LogP) is 3.04. The van der Waals surface area contributed by atoms with Gasteiger partial charge in [0.15, 0.2) is 0 Å². The quantitative estimate of drug-likeness (QED) is 0.156. The van der Waals surface area contributed by atoms with E-state index in [0.29, 0.717) is 6.42 Å². The van der Waals surface area contributed by atoms with Gasteiger partial charge in [-0.1, -0.05) is 84.0 Å². The van der Waals surface area contributed by atoms with Crippen LogP contribution in [0.2, 0.25) is 0 Å². The van der Waals surface area contributed by atoms with Gasteiger partial charge in [0.25, 0.3) is 0 Å². The molecule has 0 aromatic carbocycles. The molecule has 6 N–H and O–H groups in total. The standard InChI is InChI=1S/C16H32O2.C3H8O3.C2H2O4/c1-2-3-4-5-6-7-8-9-10-11-12-13-14-15-16(17)18;4-1-3(6)2-5;3-1(4)2(5)6/h2-15H2,1H3,(H,17,18);3-6H,1-2H2;(H,3,4)(H,5,6). The molecule has 9 nitrogen and oxygen atoms in total. The minimum atomic E-state index is -1.82. The van der Waals surface area contributed by atoms with E-state index in [2.05, 4.69) is 6.92 Å². The number of unbranched alkanes of at least 4 members (excludes halogenated alkanes) is 12. The SMILES string of the molecule is CCCCCCCCCCCCCCCC(=O)O.O=C(O)C(=O)O.OCC(O)CO. The van der Waals surface area contributed by atoms with Crippen LogP contribution in [0.1, 0.15) is 96.8 Å². The molecule has 0 aliphatic heterocycles. The molecule has 30 heavy (non-hydrogen) atoms. The largest absolute Gasteiger partial charge is 0.481 e. The molecule has 9 heteroatoms. The van der Waals surface area contributed by atoms with Gasteiger partial charge in [0.05, 0.1) is 13.2 Å². The fraction of sp³-hybridized carbons (Fsp3) is 0.857. The van der Waals surface area contributed by atoms with Gasteiger partial charge >= 0.3 is 17.9 Å². The zero-order chi connectivity index (χ0) is 23.6. The average molecular weight is 439 g/mol. The molecular weight excluding hydrogens is 396 g/mol. The third-order valence-electron chi connectivity index (χ3n) is 4.10. The van der Waals surface area contributed by atoms with E-state index in [0.717, 1.165) is 12.8 Å². The zero-order valence-electron chi connectivity index (χ0n) is 18.3. The molecule has 0 spiro atoms. The summed E-state index contributed by atoms with van der Waals surface area (Å²) in [6.07, 6.45) is 16.3. The van der Waals surface area contributed by atoms with Gasteiger partial charge in [-0.25, -0.2) is 9.59 Å². The van der Waals surface area contributed by atoms with Crippen LogP contribution < -0.4 is 0 Å². The minimum Gasteiger partial charge on any atom is -0.481 e. The lowest BCUT2D eigenvalue weighted by Gasteiger charge is -2.02. The van der Waals surface area contributed by atoms with E-state index in [4.69, 9.17) is 40.2 Å². The third kappa shape index (κ3) is 37.1. The molecule has 0 saturated carbocycles. The van der Waals surface area contributed by atoms with Crippen molar-refractivity contribution in [3.8, 4) is 0 Å². The summed E-state index contributed by atoms with van der Waals surface area (Å²) in [5, 5.41) is 47.3. The highest BCUT2D eigenvalue weighted by Gasteiger charge is 2.04. The average Bonchev–Trinajstić information content (AvgIpc) is 2.71. The topological polar surface area (TPSA) is 173 Å². The fourth-order valence-electron chi connectivity index (χ4n) is 2.35. The van der Waals surface area contributed by atoms with Crippen molar-refractivity contribution in [1.29, 1.82) is 0 Å². The summed E-state index contributed by atoms with van der Waals surface area (Å²) in [5.74, 6) is -4.30. The van der Waals surface area contributed by atoms with Crippen molar-refractivity contribution < 1.29 is 45.0 Å². The first kappa shape index (κ1) is 32.9. The summed E-state index contributed by atoms with van der Waals surface area (Å²) in [5.41, 5.74) is 0. The van der Waals surface area contributed by atoms with Gasteiger partial charge < -0.3 is 30.6 Å². The number of rotatable bonds is 16. The lowest BCUT2D eigenvalue weighted by molar-refractivity contribution is -0.159. The molecule has 0 heterocycles. The lowest BCUT2D eigenvalue weighted by Crippen LogP contribution is -2.15. The molecule has 0 radical (unpaired) electrons. The molecule has 0 aromatic heterocycles. The van der Waals surface area contributed by atoms with Crippen LogP contribution in [0.5, 0.6) is 0 Å². The molecule has 0 bridgehead atoms. The smallest absolute Gasteiger partial charge is 0.414 e. The van der Waals surface area contributed by atoms with E-state index >= 15 is 0 Å². The van der Waals surface area contributed by atoms with Gasteiger partial charge in [0, 0.05) is 6.42 Å². The zero-order valence-corrected chi connectivity index (χ0v) is 18.3. The van der Waals surface area contributed by atoms with Gasteiger partial charge in [-0.2, -0.15) is 0 Å². The Kier molecular flexibility index (Phi) is 30.0. The van der Waals surface area contributed by atoms with E-state index in [1.807, 2.05) is 0 Å². The van der Waals surface area contributed by atoms with Crippen LogP contribution in [0.3, 0.4) is 0 Å². The Morgan fingerprint density at radius 1 is 0.600 bits per heavy atom. The van der Waals surface area contributed by atoms with Crippen LogP contribution in [-0.2, 0) is 14.4 Å². The van der Waals surface area contributed by atoms with Crippen LogP contribution in [0, 0.1) is 0 Å². The summed E-state index contributed by atoms with van der Waals surface area (Å²) in [4.78, 5) is 28.5. The molecule has 0 rings (SSSR count). The van der Waals surface area contributed by atoms with Crippen molar-refractivity contribution in [2.45, 2.75) is 103 Å². The van der Waals surface area contributed by atoms with Crippen molar-refractivity contribution in [1.82, 2.24) is 0 Å². The van der Waals surface area contributed by atoms with E-state index in [1.54, 1.807) is 0 Å². The number of hydrogen-bond acceptors (Lipinski definition) is 6. The molecule has 0 atom stereocenters.